The van der Waals surface area contributed by atoms with Crippen molar-refractivity contribution in [1.82, 2.24) is 24.4 Å². The molecule has 0 bridgehead atoms. The van der Waals surface area contributed by atoms with Gasteiger partial charge in [-0.3, -0.25) is 9.78 Å². The number of carbonyl (C=O) groups excluding carboxylic acids is 1. The van der Waals surface area contributed by atoms with Crippen molar-refractivity contribution < 1.29 is 4.79 Å². The molecule has 23 heavy (non-hydrogen) atoms. The Hall–Kier alpha value is -2.89. The Morgan fingerprint density at radius 2 is 2.04 bits per heavy atom. The molecular formula is C17H19N5O. The molecule has 3 aromatic rings. The molecule has 6 heteroatoms. The molecule has 6 nitrogen and oxygen atoms in total. The van der Waals surface area contributed by atoms with E-state index in [0.29, 0.717) is 18.8 Å². The second-order valence-corrected chi connectivity index (χ2v) is 5.37. The smallest absolute Gasteiger partial charge is 0.267 e. The average molecular weight is 309 g/mol. The summed E-state index contributed by atoms with van der Waals surface area (Å²) in [7, 11) is 1.86. The zero-order valence-corrected chi connectivity index (χ0v) is 13.2. The van der Waals surface area contributed by atoms with E-state index in [2.05, 4.69) is 19.9 Å². The molecule has 0 aliphatic rings. The third-order valence-corrected chi connectivity index (χ3v) is 3.79. The number of pyridine rings is 1. The molecule has 0 fully saturated rings. The second-order valence-electron chi connectivity index (χ2n) is 5.37. The highest BCUT2D eigenvalue weighted by atomic mass is 16.1. The summed E-state index contributed by atoms with van der Waals surface area (Å²) < 4.78 is 3.90. The lowest BCUT2D eigenvalue weighted by Crippen LogP contribution is -2.29. The van der Waals surface area contributed by atoms with Crippen LogP contribution in [0, 0.1) is 6.92 Å². The van der Waals surface area contributed by atoms with Crippen LogP contribution in [0.3, 0.4) is 0 Å². The minimum absolute atomic E-state index is 0.0688. The van der Waals surface area contributed by atoms with Crippen LogP contribution >= 0.6 is 0 Å². The van der Waals surface area contributed by atoms with Crippen molar-refractivity contribution in [2.75, 3.05) is 6.54 Å². The average Bonchev–Trinajstić information content (AvgIpc) is 3.15. The van der Waals surface area contributed by atoms with Crippen LogP contribution in [0.5, 0.6) is 0 Å². The van der Waals surface area contributed by atoms with E-state index in [1.54, 1.807) is 23.0 Å². The van der Waals surface area contributed by atoms with Crippen LogP contribution in [0.4, 0.5) is 0 Å². The molecule has 0 aliphatic carbocycles. The van der Waals surface area contributed by atoms with Crippen molar-refractivity contribution in [2.24, 2.45) is 7.05 Å². The monoisotopic (exact) mass is 309 g/mol. The summed E-state index contributed by atoms with van der Waals surface area (Å²) in [6.45, 7) is 3.22. The highest BCUT2D eigenvalue weighted by Gasteiger charge is 2.11. The summed E-state index contributed by atoms with van der Waals surface area (Å²) in [4.78, 5) is 20.6. The summed E-state index contributed by atoms with van der Waals surface area (Å²) in [5.74, 6) is 0.818. The minimum Gasteiger partial charge on any atom is -0.349 e. The molecule has 3 rings (SSSR count). The topological polar surface area (TPSA) is 64.7 Å². The van der Waals surface area contributed by atoms with Gasteiger partial charge in [0.2, 0.25) is 0 Å². The Balaban J connectivity index is 1.68. The fraction of sp³-hybridized carbons (Fsp3) is 0.235. The van der Waals surface area contributed by atoms with Crippen LogP contribution in [0.15, 0.2) is 49.1 Å². The first-order valence-corrected chi connectivity index (χ1v) is 7.49. The van der Waals surface area contributed by atoms with Gasteiger partial charge in [0.15, 0.2) is 0 Å². The Bertz CT molecular complexity index is 804. The standard InChI is InChI=1S/C17H19N5O/c1-13-12-20-16(14-5-7-18-8-6-14)22(13)11-9-19-17(23)15-4-3-10-21(15)2/h3-8,10,12H,9,11H2,1-2H3,(H,19,23). The molecule has 0 atom stereocenters. The Morgan fingerprint density at radius 1 is 1.26 bits per heavy atom. The van der Waals surface area contributed by atoms with Gasteiger partial charge in [-0.15, -0.1) is 0 Å². The molecule has 0 unspecified atom stereocenters. The van der Waals surface area contributed by atoms with E-state index in [1.165, 1.54) is 0 Å². The van der Waals surface area contributed by atoms with Gasteiger partial charge in [-0.25, -0.2) is 4.98 Å². The molecule has 0 saturated carbocycles. The third kappa shape index (κ3) is 3.15. The normalized spacial score (nSPS) is 10.7. The lowest BCUT2D eigenvalue weighted by atomic mass is 10.2. The fourth-order valence-corrected chi connectivity index (χ4v) is 2.54. The van der Waals surface area contributed by atoms with Gasteiger partial charge >= 0.3 is 0 Å². The summed E-state index contributed by atoms with van der Waals surface area (Å²) in [6.07, 6.45) is 7.20. The van der Waals surface area contributed by atoms with Gasteiger partial charge in [0.1, 0.15) is 11.5 Å². The van der Waals surface area contributed by atoms with Crippen molar-refractivity contribution in [1.29, 1.82) is 0 Å². The van der Waals surface area contributed by atoms with Crippen LogP contribution in [-0.4, -0.2) is 31.6 Å². The van der Waals surface area contributed by atoms with Crippen LogP contribution in [0.2, 0.25) is 0 Å². The summed E-state index contributed by atoms with van der Waals surface area (Å²) in [6, 6.07) is 7.53. The number of carbonyl (C=O) groups is 1. The number of amides is 1. The molecule has 0 radical (unpaired) electrons. The van der Waals surface area contributed by atoms with E-state index in [0.717, 1.165) is 17.1 Å². The van der Waals surface area contributed by atoms with Gasteiger partial charge in [0.25, 0.3) is 5.91 Å². The van der Waals surface area contributed by atoms with Gasteiger partial charge in [0.05, 0.1) is 0 Å². The zero-order chi connectivity index (χ0) is 16.2. The SMILES string of the molecule is Cc1cnc(-c2ccncc2)n1CCNC(=O)c1cccn1C. The molecule has 1 amide bonds. The van der Waals surface area contributed by atoms with E-state index in [-0.39, 0.29) is 5.91 Å². The lowest BCUT2D eigenvalue weighted by Gasteiger charge is -2.11. The number of aromatic nitrogens is 4. The number of hydrogen-bond acceptors (Lipinski definition) is 3. The molecule has 0 aliphatic heterocycles. The highest BCUT2D eigenvalue weighted by Crippen LogP contribution is 2.18. The van der Waals surface area contributed by atoms with Crippen molar-refractivity contribution in [3.63, 3.8) is 0 Å². The summed E-state index contributed by atoms with van der Waals surface area (Å²) in [5.41, 5.74) is 2.73. The predicted octanol–water partition coefficient (Wildman–Crippen LogP) is 2.02. The molecule has 1 N–H and O–H groups in total. The maximum absolute atomic E-state index is 12.1. The fourth-order valence-electron chi connectivity index (χ4n) is 2.54. The number of rotatable bonds is 5. The van der Waals surface area contributed by atoms with Crippen LogP contribution in [0.25, 0.3) is 11.4 Å². The molecular weight excluding hydrogens is 290 g/mol. The van der Waals surface area contributed by atoms with Gasteiger partial charge in [-0.1, -0.05) is 0 Å². The highest BCUT2D eigenvalue weighted by molar-refractivity contribution is 5.92. The van der Waals surface area contributed by atoms with E-state index in [4.69, 9.17) is 0 Å². The number of nitrogens with zero attached hydrogens (tertiary/aromatic N) is 4. The van der Waals surface area contributed by atoms with E-state index < -0.39 is 0 Å². The second kappa shape index (κ2) is 6.48. The van der Waals surface area contributed by atoms with Crippen LogP contribution in [0.1, 0.15) is 16.2 Å². The molecule has 3 heterocycles. The zero-order valence-electron chi connectivity index (χ0n) is 13.2. The number of aryl methyl sites for hydroxylation is 2. The van der Waals surface area contributed by atoms with E-state index >= 15 is 0 Å². The molecule has 0 spiro atoms. The van der Waals surface area contributed by atoms with Gasteiger partial charge < -0.3 is 14.5 Å². The maximum Gasteiger partial charge on any atom is 0.267 e. The first-order chi connectivity index (χ1) is 11.2. The van der Waals surface area contributed by atoms with Crippen molar-refractivity contribution in [3.8, 4) is 11.4 Å². The molecule has 3 aromatic heterocycles. The predicted molar refractivity (Wildman–Crippen MR) is 87.9 cm³/mol. The lowest BCUT2D eigenvalue weighted by molar-refractivity contribution is 0.0944. The number of imidazole rings is 1. The maximum atomic E-state index is 12.1. The number of nitrogens with one attached hydrogen (secondary N) is 1. The third-order valence-electron chi connectivity index (χ3n) is 3.79. The van der Waals surface area contributed by atoms with Gasteiger partial charge in [-0.2, -0.15) is 0 Å². The summed E-state index contributed by atoms with van der Waals surface area (Å²) >= 11 is 0. The summed E-state index contributed by atoms with van der Waals surface area (Å²) in [5, 5.41) is 2.95. The van der Waals surface area contributed by atoms with E-state index in [9.17, 15) is 4.79 Å². The quantitative estimate of drug-likeness (QED) is 0.784. The number of hydrogen-bond donors (Lipinski definition) is 1. The Kier molecular flexibility index (Phi) is 4.23. The van der Waals surface area contributed by atoms with Crippen molar-refractivity contribution >= 4 is 5.91 Å². The Morgan fingerprint density at radius 3 is 2.74 bits per heavy atom. The van der Waals surface area contributed by atoms with Crippen molar-refractivity contribution in [3.05, 3.63) is 60.4 Å². The van der Waals surface area contributed by atoms with Gasteiger partial charge in [0, 0.05) is 56.2 Å². The first kappa shape index (κ1) is 15.0. The van der Waals surface area contributed by atoms with E-state index in [1.807, 2.05) is 44.6 Å². The van der Waals surface area contributed by atoms with Crippen LogP contribution < -0.4 is 5.32 Å². The molecule has 0 aromatic carbocycles. The molecule has 118 valence electrons. The largest absolute Gasteiger partial charge is 0.349 e. The minimum atomic E-state index is -0.0688. The Labute approximate surface area is 134 Å². The van der Waals surface area contributed by atoms with Gasteiger partial charge in [-0.05, 0) is 31.2 Å². The van der Waals surface area contributed by atoms with Crippen molar-refractivity contribution in [2.45, 2.75) is 13.5 Å². The van der Waals surface area contributed by atoms with Crippen LogP contribution in [-0.2, 0) is 13.6 Å². The molecule has 0 saturated heterocycles. The first-order valence-electron chi connectivity index (χ1n) is 7.49.